The molecular formula is C27H16N4O2S. The molecule has 6 aromatic rings. The van der Waals surface area contributed by atoms with Crippen LogP contribution in [0, 0.1) is 0 Å². The first-order valence-corrected chi connectivity index (χ1v) is 12.3. The Morgan fingerprint density at radius 2 is 1.18 bits per heavy atom. The van der Waals surface area contributed by atoms with E-state index >= 15 is 0 Å². The van der Waals surface area contributed by atoms with Crippen LogP contribution in [0.15, 0.2) is 107 Å². The summed E-state index contributed by atoms with van der Waals surface area (Å²) in [5.41, 5.74) is 5.45. The summed E-state index contributed by atoms with van der Waals surface area (Å²) in [5.74, 6) is 0.557. The molecule has 2 aromatic heterocycles. The fraction of sp³-hybridized carbons (Fsp3) is 0. The number of benzene rings is 4. The highest BCUT2D eigenvalue weighted by Crippen LogP contribution is 2.42. The standard InChI is InChI=1S/C27H16N4O2S/c32-34(33)22-15-7-6-14-21(22)31-26-20(13-8-16-23(26)34)30-27(31)25-24(17-9-2-1-3-10-17)28-18-11-4-5-12-19(18)29-25/h1-16H. The predicted octanol–water partition coefficient (Wildman–Crippen LogP) is 5.45. The monoisotopic (exact) mass is 460 g/mol. The quantitative estimate of drug-likeness (QED) is 0.343. The van der Waals surface area contributed by atoms with Gasteiger partial charge in [-0.05, 0) is 36.4 Å². The van der Waals surface area contributed by atoms with Crippen molar-refractivity contribution in [1.29, 1.82) is 0 Å². The van der Waals surface area contributed by atoms with Gasteiger partial charge in [0.25, 0.3) is 0 Å². The van der Waals surface area contributed by atoms with Crippen LogP contribution in [-0.4, -0.2) is 27.9 Å². The zero-order valence-corrected chi connectivity index (χ0v) is 18.6. The summed E-state index contributed by atoms with van der Waals surface area (Å²) >= 11 is 0. The first kappa shape index (κ1) is 19.1. The Bertz CT molecular complexity index is 1880. The summed E-state index contributed by atoms with van der Waals surface area (Å²) in [6.07, 6.45) is 0. The highest BCUT2D eigenvalue weighted by molar-refractivity contribution is 7.92. The number of imidazole rings is 1. The SMILES string of the molecule is O=S1(=O)c2ccccc2-n2c(-c3nc4ccccc4nc3-c3ccccc3)nc3cccc1c32. The first-order chi connectivity index (χ1) is 16.6. The van der Waals surface area contributed by atoms with E-state index in [0.29, 0.717) is 33.9 Å². The maximum Gasteiger partial charge on any atom is 0.210 e. The van der Waals surface area contributed by atoms with E-state index < -0.39 is 9.84 Å². The molecule has 0 saturated carbocycles. The summed E-state index contributed by atoms with van der Waals surface area (Å²) < 4.78 is 28.8. The Hall–Kier alpha value is -4.36. The summed E-state index contributed by atoms with van der Waals surface area (Å²) in [7, 11) is -3.67. The first-order valence-electron chi connectivity index (χ1n) is 10.8. The lowest BCUT2D eigenvalue weighted by atomic mass is 10.1. The number of hydrogen-bond donors (Lipinski definition) is 0. The van der Waals surface area contributed by atoms with E-state index in [9.17, 15) is 8.42 Å². The number of aromatic nitrogens is 4. The van der Waals surface area contributed by atoms with Crippen LogP contribution < -0.4 is 0 Å². The van der Waals surface area contributed by atoms with Crippen molar-refractivity contribution in [2.75, 3.05) is 0 Å². The van der Waals surface area contributed by atoms with Crippen molar-refractivity contribution >= 4 is 31.9 Å². The fourth-order valence-electron chi connectivity index (χ4n) is 4.65. The Morgan fingerprint density at radius 3 is 1.97 bits per heavy atom. The normalized spacial score (nSPS) is 13.8. The fourth-order valence-corrected chi connectivity index (χ4v) is 6.28. The van der Waals surface area contributed by atoms with Crippen molar-refractivity contribution in [1.82, 2.24) is 19.5 Å². The summed E-state index contributed by atoms with van der Waals surface area (Å²) in [5, 5.41) is 0. The predicted molar refractivity (Wildman–Crippen MR) is 130 cm³/mol. The van der Waals surface area contributed by atoms with Crippen molar-refractivity contribution in [2.24, 2.45) is 0 Å². The van der Waals surface area contributed by atoms with E-state index in [-0.39, 0.29) is 9.79 Å². The third kappa shape index (κ3) is 2.55. The van der Waals surface area contributed by atoms with Crippen molar-refractivity contribution in [3.63, 3.8) is 0 Å². The molecular weight excluding hydrogens is 444 g/mol. The molecule has 0 fully saturated rings. The molecule has 162 valence electrons. The molecule has 1 aliphatic heterocycles. The lowest BCUT2D eigenvalue weighted by Crippen LogP contribution is -2.15. The molecule has 0 aliphatic carbocycles. The third-order valence-electron chi connectivity index (χ3n) is 6.15. The molecule has 0 atom stereocenters. The van der Waals surface area contributed by atoms with Gasteiger partial charge in [0.15, 0.2) is 5.82 Å². The van der Waals surface area contributed by atoms with Crippen LogP contribution >= 0.6 is 0 Å². The molecule has 0 N–H and O–H groups in total. The minimum atomic E-state index is -3.67. The maximum absolute atomic E-state index is 13.4. The summed E-state index contributed by atoms with van der Waals surface area (Å²) in [6, 6.07) is 29.8. The largest absolute Gasteiger partial charge is 0.288 e. The van der Waals surface area contributed by atoms with Gasteiger partial charge < -0.3 is 0 Å². The third-order valence-corrected chi connectivity index (χ3v) is 7.99. The number of hydrogen-bond acceptors (Lipinski definition) is 5. The molecule has 0 saturated heterocycles. The van der Waals surface area contributed by atoms with Gasteiger partial charge in [-0.15, -0.1) is 0 Å². The van der Waals surface area contributed by atoms with Gasteiger partial charge in [-0.2, -0.15) is 0 Å². The molecule has 4 aromatic carbocycles. The smallest absolute Gasteiger partial charge is 0.210 e. The summed E-state index contributed by atoms with van der Waals surface area (Å²) in [6.45, 7) is 0. The second-order valence-corrected chi connectivity index (χ2v) is 10.0. The van der Waals surface area contributed by atoms with Gasteiger partial charge in [0.2, 0.25) is 9.84 Å². The Balaban J connectivity index is 1.66. The lowest BCUT2D eigenvalue weighted by Gasteiger charge is -2.21. The van der Waals surface area contributed by atoms with E-state index in [4.69, 9.17) is 15.0 Å². The molecule has 7 heteroatoms. The van der Waals surface area contributed by atoms with Crippen molar-refractivity contribution < 1.29 is 8.42 Å². The van der Waals surface area contributed by atoms with Crippen LogP contribution in [0.1, 0.15) is 0 Å². The van der Waals surface area contributed by atoms with Crippen molar-refractivity contribution in [3.8, 4) is 28.5 Å². The number of fused-ring (bicyclic) bond motifs is 3. The average molecular weight is 461 g/mol. The van der Waals surface area contributed by atoms with E-state index in [1.165, 1.54) is 0 Å². The number of para-hydroxylation sites is 4. The van der Waals surface area contributed by atoms with E-state index in [0.717, 1.165) is 16.6 Å². The number of sulfone groups is 1. The highest BCUT2D eigenvalue weighted by atomic mass is 32.2. The van der Waals surface area contributed by atoms with Gasteiger partial charge in [-0.1, -0.05) is 60.7 Å². The molecule has 0 spiro atoms. The number of rotatable bonds is 2. The zero-order valence-electron chi connectivity index (χ0n) is 17.8. The topological polar surface area (TPSA) is 77.7 Å². The van der Waals surface area contributed by atoms with Crippen molar-refractivity contribution in [3.05, 3.63) is 97.1 Å². The van der Waals surface area contributed by atoms with Crippen LogP contribution in [0.3, 0.4) is 0 Å². The number of nitrogens with zero attached hydrogens (tertiary/aromatic N) is 4. The van der Waals surface area contributed by atoms with E-state index in [1.54, 1.807) is 24.3 Å². The van der Waals surface area contributed by atoms with Crippen LogP contribution in [0.2, 0.25) is 0 Å². The molecule has 0 bridgehead atoms. The Labute approximate surface area is 195 Å². The minimum Gasteiger partial charge on any atom is -0.288 e. The Kier molecular flexibility index (Phi) is 3.84. The molecule has 3 heterocycles. The second-order valence-electron chi connectivity index (χ2n) is 8.14. The molecule has 7 rings (SSSR count). The molecule has 0 radical (unpaired) electrons. The average Bonchev–Trinajstić information content (AvgIpc) is 3.27. The summed E-state index contributed by atoms with van der Waals surface area (Å²) in [4.78, 5) is 15.4. The second kappa shape index (κ2) is 6.82. The van der Waals surface area contributed by atoms with Crippen LogP contribution in [-0.2, 0) is 9.84 Å². The van der Waals surface area contributed by atoms with Gasteiger partial charge in [0.05, 0.1) is 37.5 Å². The van der Waals surface area contributed by atoms with Crippen LogP contribution in [0.25, 0.3) is 50.5 Å². The molecule has 6 nitrogen and oxygen atoms in total. The maximum atomic E-state index is 13.4. The lowest BCUT2D eigenvalue weighted by molar-refractivity contribution is 0.594. The van der Waals surface area contributed by atoms with Gasteiger partial charge in [0, 0.05) is 5.56 Å². The van der Waals surface area contributed by atoms with Crippen LogP contribution in [0.5, 0.6) is 0 Å². The molecule has 1 aliphatic rings. The van der Waals surface area contributed by atoms with Crippen molar-refractivity contribution in [2.45, 2.75) is 9.79 Å². The Morgan fingerprint density at radius 1 is 0.559 bits per heavy atom. The highest BCUT2D eigenvalue weighted by Gasteiger charge is 2.34. The van der Waals surface area contributed by atoms with Gasteiger partial charge in [0.1, 0.15) is 11.4 Å². The van der Waals surface area contributed by atoms with Gasteiger partial charge >= 0.3 is 0 Å². The molecule has 0 amide bonds. The van der Waals surface area contributed by atoms with Crippen LogP contribution in [0.4, 0.5) is 0 Å². The minimum absolute atomic E-state index is 0.248. The molecule has 34 heavy (non-hydrogen) atoms. The van der Waals surface area contributed by atoms with E-state index in [1.807, 2.05) is 77.4 Å². The zero-order chi connectivity index (χ0) is 22.9. The van der Waals surface area contributed by atoms with Gasteiger partial charge in [-0.25, -0.2) is 23.4 Å². The van der Waals surface area contributed by atoms with Gasteiger partial charge in [-0.3, -0.25) is 4.57 Å². The van der Waals surface area contributed by atoms with E-state index in [2.05, 4.69) is 0 Å². The molecule has 0 unspecified atom stereocenters.